The van der Waals surface area contributed by atoms with Crippen LogP contribution in [0.25, 0.3) is 0 Å². The van der Waals surface area contributed by atoms with Crippen LogP contribution < -0.4 is 11.2 Å². The van der Waals surface area contributed by atoms with Gasteiger partial charge in [0, 0.05) is 50.6 Å². The maximum atomic E-state index is 12.0. The summed E-state index contributed by atoms with van der Waals surface area (Å²) < 4.78 is 2.69. The van der Waals surface area contributed by atoms with Crippen LogP contribution in [0.4, 0.5) is 0 Å². The zero-order chi connectivity index (χ0) is 16.6. The molecule has 0 aromatic carbocycles. The second kappa shape index (κ2) is 6.16. The van der Waals surface area contributed by atoms with Gasteiger partial charge in [0.05, 0.1) is 5.69 Å². The van der Waals surface area contributed by atoms with Crippen LogP contribution in [0.1, 0.15) is 35.8 Å². The van der Waals surface area contributed by atoms with Gasteiger partial charge >= 0.3 is 5.69 Å². The molecular weight excluding hydrogens is 294 g/mol. The first kappa shape index (κ1) is 15.7. The van der Waals surface area contributed by atoms with Gasteiger partial charge in [0.1, 0.15) is 0 Å². The number of aromatic amines is 1. The fourth-order valence-electron chi connectivity index (χ4n) is 3.25. The Morgan fingerprint density at radius 1 is 1.26 bits per heavy atom. The molecule has 1 N–H and O–H groups in total. The third kappa shape index (κ3) is 3.14. The molecule has 0 bridgehead atoms. The van der Waals surface area contributed by atoms with E-state index in [1.54, 1.807) is 17.7 Å². The van der Waals surface area contributed by atoms with Crippen molar-refractivity contribution >= 4 is 0 Å². The Kier molecular flexibility index (Phi) is 4.21. The van der Waals surface area contributed by atoms with E-state index >= 15 is 0 Å². The molecule has 1 saturated heterocycles. The molecule has 3 rings (SSSR count). The Labute approximate surface area is 134 Å². The lowest BCUT2D eigenvalue weighted by molar-refractivity contribution is 0.193. The monoisotopic (exact) mass is 317 g/mol. The summed E-state index contributed by atoms with van der Waals surface area (Å²) in [6.07, 6.45) is 2.21. The molecule has 0 amide bonds. The number of likely N-dealkylation sites (tertiary alicyclic amines) is 1. The van der Waals surface area contributed by atoms with Crippen molar-refractivity contribution in [2.24, 2.45) is 14.1 Å². The largest absolute Gasteiger partial charge is 0.330 e. The molecule has 0 radical (unpaired) electrons. The molecule has 2 aromatic rings. The van der Waals surface area contributed by atoms with Crippen molar-refractivity contribution < 1.29 is 0 Å². The van der Waals surface area contributed by atoms with E-state index in [1.807, 2.05) is 6.92 Å². The molecule has 1 aliphatic rings. The van der Waals surface area contributed by atoms with E-state index in [0.29, 0.717) is 12.5 Å². The van der Waals surface area contributed by atoms with Gasteiger partial charge in [0.15, 0.2) is 0 Å². The Bertz CT molecular complexity index is 817. The second-order valence-electron chi connectivity index (χ2n) is 6.42. The third-order valence-corrected chi connectivity index (χ3v) is 4.66. The average molecular weight is 317 g/mol. The molecule has 2 aromatic heterocycles. The summed E-state index contributed by atoms with van der Waals surface area (Å²) in [4.78, 5) is 26.2. The standard InChI is InChI=1S/C16H23N5O2/c1-11-7-14(18-17-11)12-5-4-6-21(9-12)10-13-8-15(22)20(3)16(23)19(13)2/h7-8,12H,4-6,9-10H2,1-3H3,(H,17,18). The van der Waals surface area contributed by atoms with Crippen molar-refractivity contribution in [3.8, 4) is 0 Å². The number of rotatable bonds is 3. The number of H-pyrrole nitrogens is 1. The minimum absolute atomic E-state index is 0.250. The zero-order valence-corrected chi connectivity index (χ0v) is 13.9. The highest BCUT2D eigenvalue weighted by Crippen LogP contribution is 2.26. The van der Waals surface area contributed by atoms with Gasteiger partial charge in [0.25, 0.3) is 5.56 Å². The van der Waals surface area contributed by atoms with Crippen LogP contribution in [-0.2, 0) is 20.6 Å². The number of aryl methyl sites for hydroxylation is 1. The Morgan fingerprint density at radius 3 is 2.74 bits per heavy atom. The van der Waals surface area contributed by atoms with Crippen molar-refractivity contribution in [1.29, 1.82) is 0 Å². The fraction of sp³-hybridized carbons (Fsp3) is 0.562. The minimum atomic E-state index is -0.274. The van der Waals surface area contributed by atoms with Gasteiger partial charge in [-0.1, -0.05) is 0 Å². The Balaban J connectivity index is 1.78. The molecule has 1 unspecified atom stereocenters. The summed E-state index contributed by atoms with van der Waals surface area (Å²) in [6, 6.07) is 3.66. The van der Waals surface area contributed by atoms with Crippen LogP contribution in [0, 0.1) is 6.92 Å². The highest BCUT2D eigenvalue weighted by molar-refractivity contribution is 5.13. The van der Waals surface area contributed by atoms with E-state index in [-0.39, 0.29) is 11.2 Å². The lowest BCUT2D eigenvalue weighted by Gasteiger charge is -2.32. The van der Waals surface area contributed by atoms with Gasteiger partial charge in [-0.2, -0.15) is 5.10 Å². The van der Waals surface area contributed by atoms with Crippen LogP contribution >= 0.6 is 0 Å². The molecule has 0 saturated carbocycles. The summed E-state index contributed by atoms with van der Waals surface area (Å²) in [6.45, 7) is 4.49. The minimum Gasteiger partial charge on any atom is -0.299 e. The maximum absolute atomic E-state index is 12.0. The first-order valence-corrected chi connectivity index (χ1v) is 7.96. The molecule has 0 spiro atoms. The first-order valence-electron chi connectivity index (χ1n) is 7.96. The average Bonchev–Trinajstić information content (AvgIpc) is 2.97. The molecule has 124 valence electrons. The normalized spacial score (nSPS) is 19.2. The molecule has 7 heteroatoms. The quantitative estimate of drug-likeness (QED) is 0.894. The van der Waals surface area contributed by atoms with Crippen molar-refractivity contribution in [2.75, 3.05) is 13.1 Å². The van der Waals surface area contributed by atoms with Crippen molar-refractivity contribution in [3.05, 3.63) is 50.1 Å². The lowest BCUT2D eigenvalue weighted by atomic mass is 9.94. The number of hydrogen-bond donors (Lipinski definition) is 1. The molecule has 23 heavy (non-hydrogen) atoms. The van der Waals surface area contributed by atoms with Crippen LogP contribution in [-0.4, -0.2) is 37.3 Å². The van der Waals surface area contributed by atoms with E-state index in [4.69, 9.17) is 0 Å². The molecule has 1 fully saturated rings. The van der Waals surface area contributed by atoms with E-state index in [9.17, 15) is 9.59 Å². The number of nitrogens with one attached hydrogen (secondary N) is 1. The van der Waals surface area contributed by atoms with Crippen LogP contribution in [0.15, 0.2) is 21.7 Å². The Hall–Kier alpha value is -2.15. The molecule has 1 aliphatic heterocycles. The molecular formula is C16H23N5O2. The number of piperidine rings is 1. The topological polar surface area (TPSA) is 75.9 Å². The zero-order valence-electron chi connectivity index (χ0n) is 13.9. The van der Waals surface area contributed by atoms with Gasteiger partial charge in [-0.25, -0.2) is 4.79 Å². The smallest absolute Gasteiger partial charge is 0.299 e. The predicted octanol–water partition coefficient (Wildman–Crippen LogP) is 0.495. The highest BCUT2D eigenvalue weighted by Gasteiger charge is 2.24. The Morgan fingerprint density at radius 2 is 2.04 bits per heavy atom. The molecule has 1 atom stereocenters. The van der Waals surface area contributed by atoms with Gasteiger partial charge < -0.3 is 0 Å². The first-order chi connectivity index (χ1) is 11.0. The summed E-state index contributed by atoms with van der Waals surface area (Å²) in [5.41, 5.74) is 2.41. The molecule has 0 aliphatic carbocycles. The maximum Gasteiger partial charge on any atom is 0.330 e. The second-order valence-corrected chi connectivity index (χ2v) is 6.42. The SMILES string of the molecule is Cc1cc(C2CCCN(Cc3cc(=O)n(C)c(=O)n3C)C2)n[nH]1. The molecule has 7 nitrogen and oxygen atoms in total. The number of hydrogen-bond acceptors (Lipinski definition) is 4. The molecule has 3 heterocycles. The number of nitrogens with zero attached hydrogens (tertiary/aromatic N) is 4. The van der Waals surface area contributed by atoms with Crippen LogP contribution in [0.5, 0.6) is 0 Å². The highest BCUT2D eigenvalue weighted by atomic mass is 16.2. The van der Waals surface area contributed by atoms with Crippen molar-refractivity contribution in [3.63, 3.8) is 0 Å². The third-order valence-electron chi connectivity index (χ3n) is 4.66. The van der Waals surface area contributed by atoms with Gasteiger partial charge in [-0.15, -0.1) is 0 Å². The van der Waals surface area contributed by atoms with E-state index < -0.39 is 0 Å². The van der Waals surface area contributed by atoms with Crippen LogP contribution in [0.3, 0.4) is 0 Å². The van der Waals surface area contributed by atoms with Gasteiger partial charge in [-0.05, 0) is 32.4 Å². The summed E-state index contributed by atoms with van der Waals surface area (Å²) in [5.74, 6) is 0.400. The van der Waals surface area contributed by atoms with Crippen LogP contribution in [0.2, 0.25) is 0 Å². The van der Waals surface area contributed by atoms with E-state index in [2.05, 4.69) is 21.2 Å². The van der Waals surface area contributed by atoms with E-state index in [0.717, 1.165) is 47.6 Å². The fourth-order valence-corrected chi connectivity index (χ4v) is 3.25. The van der Waals surface area contributed by atoms with Gasteiger partial charge in [-0.3, -0.25) is 23.9 Å². The summed E-state index contributed by atoms with van der Waals surface area (Å²) >= 11 is 0. The van der Waals surface area contributed by atoms with E-state index in [1.165, 1.54) is 7.05 Å². The number of aromatic nitrogens is 4. The predicted molar refractivity (Wildman–Crippen MR) is 87.5 cm³/mol. The van der Waals surface area contributed by atoms with Gasteiger partial charge in [0.2, 0.25) is 0 Å². The lowest BCUT2D eigenvalue weighted by Crippen LogP contribution is -2.41. The van der Waals surface area contributed by atoms with Crippen molar-refractivity contribution in [2.45, 2.75) is 32.2 Å². The summed E-state index contributed by atoms with van der Waals surface area (Å²) in [5, 5.41) is 7.38. The summed E-state index contributed by atoms with van der Waals surface area (Å²) in [7, 11) is 3.22. The van der Waals surface area contributed by atoms with Crippen molar-refractivity contribution in [1.82, 2.24) is 24.2 Å².